The van der Waals surface area contributed by atoms with Gasteiger partial charge >= 0.3 is 0 Å². The lowest BCUT2D eigenvalue weighted by atomic mass is 9.73. The Morgan fingerprint density at radius 1 is 1.00 bits per heavy atom. The molecule has 0 amide bonds. The fraction of sp³-hybridized carbons (Fsp3) is 0.333. The Bertz CT molecular complexity index is 857. The third-order valence-corrected chi connectivity index (χ3v) is 5.19. The van der Waals surface area contributed by atoms with Crippen molar-refractivity contribution in [3.8, 4) is 5.75 Å². The minimum Gasteiger partial charge on any atom is -0.508 e. The lowest BCUT2D eigenvalue weighted by molar-refractivity contribution is 0.282. The summed E-state index contributed by atoms with van der Waals surface area (Å²) in [5.74, 6) is 1.25. The number of rotatable bonds is 5. The molecule has 126 valence electrons. The van der Waals surface area contributed by atoms with Gasteiger partial charge in [0.05, 0.1) is 12.0 Å². The van der Waals surface area contributed by atoms with Crippen LogP contribution in [0.2, 0.25) is 0 Å². The van der Waals surface area contributed by atoms with Gasteiger partial charge in [-0.2, -0.15) is 0 Å². The summed E-state index contributed by atoms with van der Waals surface area (Å²) in [6, 6.07) is 13.7. The van der Waals surface area contributed by atoms with Crippen molar-refractivity contribution >= 4 is 11.0 Å². The summed E-state index contributed by atoms with van der Waals surface area (Å²) in [6.07, 6.45) is 1.81. The number of fused-ring (bicyclic) bond motifs is 1. The van der Waals surface area contributed by atoms with Crippen LogP contribution in [0.4, 0.5) is 0 Å². The molecule has 3 nitrogen and oxygen atoms in total. The van der Waals surface area contributed by atoms with Gasteiger partial charge in [-0.3, -0.25) is 0 Å². The van der Waals surface area contributed by atoms with Crippen LogP contribution in [0.15, 0.2) is 46.9 Å². The highest BCUT2D eigenvalue weighted by Gasteiger charge is 2.34. The molecule has 0 atom stereocenters. The lowest BCUT2D eigenvalue weighted by Gasteiger charge is -2.30. The third kappa shape index (κ3) is 2.59. The van der Waals surface area contributed by atoms with Gasteiger partial charge in [-0.05, 0) is 60.7 Å². The molecule has 0 aliphatic carbocycles. The summed E-state index contributed by atoms with van der Waals surface area (Å²) in [5, 5.41) is 20.2. The van der Waals surface area contributed by atoms with Gasteiger partial charge in [-0.15, -0.1) is 0 Å². The molecule has 3 rings (SSSR count). The number of aliphatic hydroxyl groups excluding tert-OH is 1. The molecule has 0 aliphatic heterocycles. The second-order valence-electron chi connectivity index (χ2n) is 6.43. The average molecular weight is 324 g/mol. The average Bonchev–Trinajstić information content (AvgIpc) is 3.02. The Labute approximate surface area is 142 Å². The molecule has 0 radical (unpaired) electrons. The monoisotopic (exact) mass is 324 g/mol. The summed E-state index contributed by atoms with van der Waals surface area (Å²) in [7, 11) is 0. The Balaban J connectivity index is 2.18. The highest BCUT2D eigenvalue weighted by Crippen LogP contribution is 2.42. The molecule has 1 aromatic heterocycles. The maximum atomic E-state index is 9.85. The van der Waals surface area contributed by atoms with Crippen molar-refractivity contribution in [1.82, 2.24) is 0 Å². The lowest BCUT2D eigenvalue weighted by Crippen LogP contribution is -2.25. The smallest absolute Gasteiger partial charge is 0.134 e. The molecule has 0 saturated heterocycles. The standard InChI is InChI=1S/C21H24O3/c1-4-21(5-2,17-7-8-18(23)14(3)10-17)20-12-16-11-15(13-22)6-9-19(16)24-20/h6-12,22-23H,4-5,13H2,1-3H3. The number of furan rings is 1. The molecule has 2 aromatic carbocycles. The first-order valence-corrected chi connectivity index (χ1v) is 8.48. The molecule has 0 spiro atoms. The Kier molecular flexibility index (Phi) is 4.37. The van der Waals surface area contributed by atoms with E-state index >= 15 is 0 Å². The van der Waals surface area contributed by atoms with Crippen LogP contribution in [0.25, 0.3) is 11.0 Å². The quantitative estimate of drug-likeness (QED) is 0.691. The van der Waals surface area contributed by atoms with Gasteiger partial charge in [0.25, 0.3) is 0 Å². The van der Waals surface area contributed by atoms with Gasteiger partial charge in [-0.25, -0.2) is 0 Å². The molecule has 0 fully saturated rings. The number of hydrogen-bond acceptors (Lipinski definition) is 3. The van der Waals surface area contributed by atoms with Crippen LogP contribution in [0.1, 0.15) is 49.1 Å². The molecular weight excluding hydrogens is 300 g/mol. The van der Waals surface area contributed by atoms with E-state index in [0.717, 1.165) is 46.3 Å². The zero-order chi connectivity index (χ0) is 17.3. The van der Waals surface area contributed by atoms with E-state index in [0.29, 0.717) is 5.75 Å². The summed E-state index contributed by atoms with van der Waals surface area (Å²) in [6.45, 7) is 6.28. The molecule has 0 aliphatic rings. The molecule has 0 bridgehead atoms. The van der Waals surface area contributed by atoms with Crippen molar-refractivity contribution in [2.75, 3.05) is 0 Å². The largest absolute Gasteiger partial charge is 0.508 e. The maximum Gasteiger partial charge on any atom is 0.134 e. The number of phenolic OH excluding ortho intramolecular Hbond substituents is 1. The fourth-order valence-corrected chi connectivity index (χ4v) is 3.53. The summed E-state index contributed by atoms with van der Waals surface area (Å²) < 4.78 is 6.20. The van der Waals surface area contributed by atoms with Crippen molar-refractivity contribution in [1.29, 1.82) is 0 Å². The van der Waals surface area contributed by atoms with Gasteiger partial charge in [-0.1, -0.05) is 32.0 Å². The van der Waals surface area contributed by atoms with E-state index in [9.17, 15) is 10.2 Å². The van der Waals surface area contributed by atoms with Crippen molar-refractivity contribution < 1.29 is 14.6 Å². The summed E-state index contributed by atoms with van der Waals surface area (Å²) in [4.78, 5) is 0. The SMILES string of the molecule is CCC(CC)(c1ccc(O)c(C)c1)c1cc2cc(CO)ccc2o1. The van der Waals surface area contributed by atoms with E-state index in [1.807, 2.05) is 31.2 Å². The van der Waals surface area contributed by atoms with Gasteiger partial charge in [0.1, 0.15) is 17.1 Å². The second kappa shape index (κ2) is 6.33. The van der Waals surface area contributed by atoms with E-state index in [4.69, 9.17) is 4.42 Å². The van der Waals surface area contributed by atoms with Crippen LogP contribution >= 0.6 is 0 Å². The van der Waals surface area contributed by atoms with E-state index in [1.54, 1.807) is 6.07 Å². The molecule has 1 heterocycles. The molecule has 0 unspecified atom stereocenters. The second-order valence-corrected chi connectivity index (χ2v) is 6.43. The van der Waals surface area contributed by atoms with E-state index in [1.165, 1.54) is 0 Å². The number of aliphatic hydroxyl groups is 1. The highest BCUT2D eigenvalue weighted by atomic mass is 16.3. The van der Waals surface area contributed by atoms with E-state index in [2.05, 4.69) is 26.0 Å². The van der Waals surface area contributed by atoms with Crippen LogP contribution in [0.3, 0.4) is 0 Å². The zero-order valence-electron chi connectivity index (χ0n) is 14.5. The van der Waals surface area contributed by atoms with E-state index < -0.39 is 0 Å². The van der Waals surface area contributed by atoms with Gasteiger partial charge in [0.15, 0.2) is 0 Å². The molecule has 0 saturated carbocycles. The summed E-state index contributed by atoms with van der Waals surface area (Å²) in [5.41, 5.74) is 3.52. The number of aryl methyl sites for hydroxylation is 1. The topological polar surface area (TPSA) is 53.6 Å². The molecule has 24 heavy (non-hydrogen) atoms. The first-order chi connectivity index (χ1) is 11.5. The third-order valence-electron chi connectivity index (χ3n) is 5.19. The summed E-state index contributed by atoms with van der Waals surface area (Å²) >= 11 is 0. The van der Waals surface area contributed by atoms with Crippen molar-refractivity contribution in [3.05, 3.63) is 64.9 Å². The van der Waals surface area contributed by atoms with E-state index in [-0.39, 0.29) is 12.0 Å². The van der Waals surface area contributed by atoms with Crippen LogP contribution in [0.5, 0.6) is 5.75 Å². The van der Waals surface area contributed by atoms with Gasteiger partial charge in [0.2, 0.25) is 0 Å². The number of phenols is 1. The number of benzene rings is 2. The van der Waals surface area contributed by atoms with Crippen molar-refractivity contribution in [3.63, 3.8) is 0 Å². The molecule has 3 heteroatoms. The first-order valence-electron chi connectivity index (χ1n) is 8.48. The Hall–Kier alpha value is -2.26. The van der Waals surface area contributed by atoms with Gasteiger partial charge < -0.3 is 14.6 Å². The molecule has 2 N–H and O–H groups in total. The maximum absolute atomic E-state index is 9.85. The zero-order valence-corrected chi connectivity index (χ0v) is 14.5. The van der Waals surface area contributed by atoms with Crippen molar-refractivity contribution in [2.24, 2.45) is 0 Å². The van der Waals surface area contributed by atoms with Crippen LogP contribution in [-0.4, -0.2) is 10.2 Å². The Morgan fingerprint density at radius 3 is 2.38 bits per heavy atom. The van der Waals surface area contributed by atoms with Crippen LogP contribution in [-0.2, 0) is 12.0 Å². The van der Waals surface area contributed by atoms with Crippen LogP contribution in [0, 0.1) is 6.92 Å². The molecular formula is C21H24O3. The first kappa shape index (κ1) is 16.6. The molecule has 3 aromatic rings. The highest BCUT2D eigenvalue weighted by molar-refractivity contribution is 5.79. The minimum atomic E-state index is -0.225. The fourth-order valence-electron chi connectivity index (χ4n) is 3.53. The number of hydrogen-bond donors (Lipinski definition) is 2. The van der Waals surface area contributed by atoms with Crippen molar-refractivity contribution in [2.45, 2.75) is 45.6 Å². The normalized spacial score (nSPS) is 12.0. The predicted molar refractivity (Wildman–Crippen MR) is 96.3 cm³/mol. The minimum absolute atomic E-state index is 0.0281. The Morgan fingerprint density at radius 2 is 1.75 bits per heavy atom. The predicted octanol–water partition coefficient (Wildman–Crippen LogP) is 5.05. The van der Waals surface area contributed by atoms with Gasteiger partial charge in [0, 0.05) is 5.39 Å². The van der Waals surface area contributed by atoms with Crippen LogP contribution < -0.4 is 0 Å². The number of aromatic hydroxyl groups is 1.